The van der Waals surface area contributed by atoms with E-state index in [2.05, 4.69) is 20.0 Å². The van der Waals surface area contributed by atoms with Gasteiger partial charge in [-0.25, -0.2) is 18.1 Å². The second kappa shape index (κ2) is 5.84. The first-order valence-electron chi connectivity index (χ1n) is 4.79. The zero-order valence-corrected chi connectivity index (χ0v) is 9.47. The summed E-state index contributed by atoms with van der Waals surface area (Å²) in [6, 6.07) is 0. The zero-order chi connectivity index (χ0) is 11.1. The van der Waals surface area contributed by atoms with Gasteiger partial charge in [0, 0.05) is 18.4 Å². The van der Waals surface area contributed by atoms with Gasteiger partial charge in [0.05, 0.1) is 18.6 Å². The summed E-state index contributed by atoms with van der Waals surface area (Å²) in [4.78, 5) is 6.62. The quantitative estimate of drug-likeness (QED) is 0.550. The van der Waals surface area contributed by atoms with Crippen molar-refractivity contribution < 1.29 is 8.42 Å². The maximum absolute atomic E-state index is 11.4. The van der Waals surface area contributed by atoms with Crippen LogP contribution in [0.2, 0.25) is 0 Å². The predicted octanol–water partition coefficient (Wildman–Crippen LogP) is -0.561. The van der Waals surface area contributed by atoms with Crippen LogP contribution in [0.3, 0.4) is 0 Å². The summed E-state index contributed by atoms with van der Waals surface area (Å²) in [5.41, 5.74) is 0.752. The number of aromatic amines is 1. The standard InChI is InChI=1S/C8H16N4O2S/c1-2-9-3-4-15(13,14)12-6-8-5-10-7-11-8/h5,7,9,12H,2-4,6H2,1H3,(H,10,11). The van der Waals surface area contributed by atoms with Crippen LogP contribution in [-0.2, 0) is 16.6 Å². The highest BCUT2D eigenvalue weighted by atomic mass is 32.2. The van der Waals surface area contributed by atoms with Crippen molar-refractivity contribution in [2.45, 2.75) is 13.5 Å². The first-order valence-corrected chi connectivity index (χ1v) is 6.44. The molecule has 0 unspecified atom stereocenters. The fourth-order valence-corrected chi connectivity index (χ4v) is 1.96. The van der Waals surface area contributed by atoms with Gasteiger partial charge in [-0.1, -0.05) is 6.92 Å². The van der Waals surface area contributed by atoms with E-state index < -0.39 is 10.0 Å². The number of aromatic nitrogens is 2. The van der Waals surface area contributed by atoms with Crippen LogP contribution in [0.5, 0.6) is 0 Å². The third-order valence-corrected chi connectivity index (χ3v) is 3.16. The minimum atomic E-state index is -3.19. The highest BCUT2D eigenvalue weighted by Crippen LogP contribution is 1.92. The summed E-state index contributed by atoms with van der Waals surface area (Å²) in [6.07, 6.45) is 3.11. The molecule has 1 rings (SSSR count). The number of nitrogens with one attached hydrogen (secondary N) is 3. The molecular formula is C8H16N4O2S. The molecule has 0 bridgehead atoms. The lowest BCUT2D eigenvalue weighted by atomic mass is 10.5. The molecule has 1 aromatic rings. The predicted molar refractivity (Wildman–Crippen MR) is 57.8 cm³/mol. The van der Waals surface area contributed by atoms with E-state index in [0.717, 1.165) is 12.2 Å². The van der Waals surface area contributed by atoms with Gasteiger partial charge in [-0.3, -0.25) is 0 Å². The Bertz CT molecular complexity index is 360. The number of imidazole rings is 1. The third-order valence-electron chi connectivity index (χ3n) is 1.83. The van der Waals surface area contributed by atoms with Crippen molar-refractivity contribution in [1.82, 2.24) is 20.0 Å². The molecule has 0 spiro atoms. The van der Waals surface area contributed by atoms with Crippen molar-refractivity contribution in [3.8, 4) is 0 Å². The summed E-state index contributed by atoms with van der Waals surface area (Å²) in [5, 5.41) is 2.96. The fourth-order valence-electron chi connectivity index (χ4n) is 1.02. The number of H-pyrrole nitrogens is 1. The first kappa shape index (κ1) is 12.2. The van der Waals surface area contributed by atoms with Gasteiger partial charge in [-0.15, -0.1) is 0 Å². The van der Waals surface area contributed by atoms with E-state index in [0.29, 0.717) is 6.54 Å². The number of nitrogens with zero attached hydrogens (tertiary/aromatic N) is 1. The summed E-state index contributed by atoms with van der Waals surface area (Å²) in [7, 11) is -3.19. The van der Waals surface area contributed by atoms with Gasteiger partial charge in [-0.2, -0.15) is 0 Å². The maximum atomic E-state index is 11.4. The second-order valence-corrected chi connectivity index (χ2v) is 5.00. The van der Waals surface area contributed by atoms with Crippen LogP contribution >= 0.6 is 0 Å². The monoisotopic (exact) mass is 232 g/mol. The Kier molecular flexibility index (Phi) is 4.73. The minimum Gasteiger partial charge on any atom is -0.347 e. The van der Waals surface area contributed by atoms with Crippen molar-refractivity contribution >= 4 is 10.0 Å². The van der Waals surface area contributed by atoms with Crippen LogP contribution in [0.1, 0.15) is 12.6 Å². The largest absolute Gasteiger partial charge is 0.347 e. The molecule has 0 aliphatic heterocycles. The van der Waals surface area contributed by atoms with Crippen LogP contribution in [0.25, 0.3) is 0 Å². The zero-order valence-electron chi connectivity index (χ0n) is 8.66. The highest BCUT2D eigenvalue weighted by Gasteiger charge is 2.09. The van der Waals surface area contributed by atoms with Gasteiger partial charge >= 0.3 is 0 Å². The van der Waals surface area contributed by atoms with Crippen LogP contribution < -0.4 is 10.0 Å². The van der Waals surface area contributed by atoms with Crippen molar-refractivity contribution in [3.05, 3.63) is 18.2 Å². The van der Waals surface area contributed by atoms with Crippen LogP contribution in [-0.4, -0.2) is 37.2 Å². The van der Waals surface area contributed by atoms with Crippen molar-refractivity contribution in [3.63, 3.8) is 0 Å². The van der Waals surface area contributed by atoms with Gasteiger partial charge in [-0.05, 0) is 6.54 Å². The van der Waals surface area contributed by atoms with E-state index in [1.165, 1.54) is 6.33 Å². The lowest BCUT2D eigenvalue weighted by molar-refractivity contribution is 0.576. The molecule has 0 saturated heterocycles. The molecule has 0 aliphatic carbocycles. The Morgan fingerprint density at radius 2 is 2.33 bits per heavy atom. The van der Waals surface area contributed by atoms with Crippen molar-refractivity contribution in [2.24, 2.45) is 0 Å². The van der Waals surface area contributed by atoms with Gasteiger partial charge in [0.1, 0.15) is 0 Å². The Morgan fingerprint density at radius 3 is 2.93 bits per heavy atom. The number of hydrogen-bond acceptors (Lipinski definition) is 4. The molecule has 3 N–H and O–H groups in total. The molecule has 0 amide bonds. The molecule has 1 heterocycles. The highest BCUT2D eigenvalue weighted by molar-refractivity contribution is 7.89. The molecule has 0 radical (unpaired) electrons. The molecule has 0 aliphatic rings. The molecule has 0 saturated carbocycles. The number of rotatable bonds is 7. The minimum absolute atomic E-state index is 0.0922. The fraction of sp³-hybridized carbons (Fsp3) is 0.625. The lowest BCUT2D eigenvalue weighted by Crippen LogP contribution is -2.31. The molecule has 1 aromatic heterocycles. The van der Waals surface area contributed by atoms with Gasteiger partial charge < -0.3 is 10.3 Å². The van der Waals surface area contributed by atoms with Gasteiger partial charge in [0.25, 0.3) is 0 Å². The molecule has 6 nitrogen and oxygen atoms in total. The molecule has 0 atom stereocenters. The topological polar surface area (TPSA) is 86.9 Å². The lowest BCUT2D eigenvalue weighted by Gasteiger charge is -2.05. The van der Waals surface area contributed by atoms with E-state index in [4.69, 9.17) is 0 Å². The van der Waals surface area contributed by atoms with E-state index in [-0.39, 0.29) is 12.3 Å². The van der Waals surface area contributed by atoms with Crippen molar-refractivity contribution in [2.75, 3.05) is 18.8 Å². The Balaban J connectivity index is 2.30. The summed E-state index contributed by atoms with van der Waals surface area (Å²) in [6.45, 7) is 3.43. The molecule has 86 valence electrons. The summed E-state index contributed by atoms with van der Waals surface area (Å²) >= 11 is 0. The number of sulfonamides is 1. The van der Waals surface area contributed by atoms with Gasteiger partial charge in [0.2, 0.25) is 10.0 Å². The Labute approximate surface area is 89.5 Å². The Morgan fingerprint density at radius 1 is 1.53 bits per heavy atom. The van der Waals surface area contributed by atoms with E-state index in [1.54, 1.807) is 6.20 Å². The van der Waals surface area contributed by atoms with Crippen LogP contribution in [0, 0.1) is 0 Å². The second-order valence-electron chi connectivity index (χ2n) is 3.07. The molecule has 15 heavy (non-hydrogen) atoms. The summed E-state index contributed by atoms with van der Waals surface area (Å²) < 4.78 is 25.3. The molecular weight excluding hydrogens is 216 g/mol. The van der Waals surface area contributed by atoms with Crippen molar-refractivity contribution in [1.29, 1.82) is 0 Å². The van der Waals surface area contributed by atoms with Crippen LogP contribution in [0.15, 0.2) is 12.5 Å². The SMILES string of the molecule is CCNCCS(=O)(=O)NCc1cnc[nH]1. The molecule has 7 heteroatoms. The van der Waals surface area contributed by atoms with E-state index >= 15 is 0 Å². The third kappa shape index (κ3) is 4.91. The molecule has 0 aromatic carbocycles. The normalized spacial score (nSPS) is 11.8. The van der Waals surface area contributed by atoms with Crippen LogP contribution in [0.4, 0.5) is 0 Å². The maximum Gasteiger partial charge on any atom is 0.213 e. The number of hydrogen-bond donors (Lipinski definition) is 3. The summed E-state index contributed by atoms with van der Waals surface area (Å²) in [5.74, 6) is 0.0922. The average molecular weight is 232 g/mol. The first-order chi connectivity index (χ1) is 7.14. The molecule has 0 fully saturated rings. The van der Waals surface area contributed by atoms with E-state index in [9.17, 15) is 8.42 Å². The Hall–Kier alpha value is -0.920. The van der Waals surface area contributed by atoms with Gasteiger partial charge in [0.15, 0.2) is 0 Å². The van der Waals surface area contributed by atoms with E-state index in [1.807, 2.05) is 6.92 Å². The average Bonchev–Trinajstić information content (AvgIpc) is 2.68. The smallest absolute Gasteiger partial charge is 0.213 e.